The summed E-state index contributed by atoms with van der Waals surface area (Å²) in [6, 6.07) is 11.0. The zero-order valence-corrected chi connectivity index (χ0v) is 19.0. The third kappa shape index (κ3) is 5.95. The summed E-state index contributed by atoms with van der Waals surface area (Å²) < 4.78 is 1.97. The molecule has 1 fully saturated rings. The molecule has 152 valence electrons. The van der Waals surface area contributed by atoms with Crippen LogP contribution < -0.4 is 15.5 Å². The van der Waals surface area contributed by atoms with Gasteiger partial charge in [0.15, 0.2) is 11.8 Å². The van der Waals surface area contributed by atoms with Crippen molar-refractivity contribution < 1.29 is 0 Å². The standard InChI is InChI=1S/C20H29N7.HI/c1-4-12-21-20(22-15-19-25-24-16(2)26(19)3)23-17-10-13-27(14-11-17)18-8-6-5-7-9-18;/h4-9,17H,1,10-15H2,2-3H3,(H2,21,22,23);1H. The molecule has 1 aliphatic rings. The minimum Gasteiger partial charge on any atom is -0.371 e. The fourth-order valence-corrected chi connectivity index (χ4v) is 3.17. The minimum atomic E-state index is 0. The summed E-state index contributed by atoms with van der Waals surface area (Å²) in [5, 5.41) is 15.1. The first-order valence-electron chi connectivity index (χ1n) is 9.48. The molecular formula is C20H30IN7. The third-order valence-corrected chi connectivity index (χ3v) is 4.93. The van der Waals surface area contributed by atoms with Gasteiger partial charge in [-0.1, -0.05) is 24.3 Å². The van der Waals surface area contributed by atoms with Crippen LogP contribution in [0.2, 0.25) is 0 Å². The van der Waals surface area contributed by atoms with Gasteiger partial charge in [0.05, 0.1) is 0 Å². The Labute approximate surface area is 184 Å². The second-order valence-corrected chi connectivity index (χ2v) is 6.80. The lowest BCUT2D eigenvalue weighted by Crippen LogP contribution is -2.48. The van der Waals surface area contributed by atoms with Crippen LogP contribution in [0.5, 0.6) is 0 Å². The largest absolute Gasteiger partial charge is 0.371 e. The predicted molar refractivity (Wildman–Crippen MR) is 125 cm³/mol. The van der Waals surface area contributed by atoms with Crippen LogP contribution in [0.4, 0.5) is 5.69 Å². The first-order valence-corrected chi connectivity index (χ1v) is 9.48. The monoisotopic (exact) mass is 495 g/mol. The number of aromatic nitrogens is 3. The Kier molecular flexibility index (Phi) is 8.75. The van der Waals surface area contributed by atoms with Crippen molar-refractivity contribution in [2.45, 2.75) is 32.4 Å². The zero-order chi connectivity index (χ0) is 19.1. The normalized spacial score (nSPS) is 15.1. The summed E-state index contributed by atoms with van der Waals surface area (Å²) in [7, 11) is 1.96. The Morgan fingerprint density at radius 1 is 1.25 bits per heavy atom. The van der Waals surface area contributed by atoms with Gasteiger partial charge in [0.2, 0.25) is 0 Å². The summed E-state index contributed by atoms with van der Waals surface area (Å²) in [4.78, 5) is 7.13. The van der Waals surface area contributed by atoms with Crippen molar-refractivity contribution in [3.63, 3.8) is 0 Å². The van der Waals surface area contributed by atoms with E-state index in [0.717, 1.165) is 43.5 Å². The van der Waals surface area contributed by atoms with Gasteiger partial charge in [0.1, 0.15) is 12.4 Å². The molecule has 3 rings (SSSR count). The molecule has 0 amide bonds. The number of guanidine groups is 1. The van der Waals surface area contributed by atoms with Crippen LogP contribution in [0.1, 0.15) is 24.5 Å². The van der Waals surface area contributed by atoms with E-state index in [-0.39, 0.29) is 24.0 Å². The number of nitrogens with one attached hydrogen (secondary N) is 2. The van der Waals surface area contributed by atoms with E-state index in [1.54, 1.807) is 0 Å². The van der Waals surface area contributed by atoms with E-state index >= 15 is 0 Å². The molecule has 0 aliphatic carbocycles. The lowest BCUT2D eigenvalue weighted by molar-refractivity contribution is 0.461. The Balaban J connectivity index is 0.00000280. The van der Waals surface area contributed by atoms with Crippen LogP contribution in [0.25, 0.3) is 0 Å². The van der Waals surface area contributed by atoms with Crippen molar-refractivity contribution in [2.24, 2.45) is 12.0 Å². The quantitative estimate of drug-likeness (QED) is 0.279. The molecular weight excluding hydrogens is 465 g/mol. The molecule has 7 nitrogen and oxygen atoms in total. The lowest BCUT2D eigenvalue weighted by atomic mass is 10.0. The average Bonchev–Trinajstić information content (AvgIpc) is 3.03. The van der Waals surface area contributed by atoms with Crippen molar-refractivity contribution in [2.75, 3.05) is 24.5 Å². The average molecular weight is 495 g/mol. The van der Waals surface area contributed by atoms with Crippen molar-refractivity contribution in [1.29, 1.82) is 0 Å². The molecule has 1 aromatic carbocycles. The maximum atomic E-state index is 4.69. The highest BCUT2D eigenvalue weighted by molar-refractivity contribution is 14.0. The van der Waals surface area contributed by atoms with Crippen molar-refractivity contribution in [3.05, 3.63) is 54.6 Å². The Morgan fingerprint density at radius 2 is 1.96 bits per heavy atom. The lowest BCUT2D eigenvalue weighted by Gasteiger charge is -2.34. The van der Waals surface area contributed by atoms with E-state index < -0.39 is 0 Å². The molecule has 0 radical (unpaired) electrons. The van der Waals surface area contributed by atoms with Crippen molar-refractivity contribution in [3.8, 4) is 0 Å². The van der Waals surface area contributed by atoms with Crippen LogP contribution in [0.15, 0.2) is 48.0 Å². The molecule has 1 saturated heterocycles. The summed E-state index contributed by atoms with van der Waals surface area (Å²) in [5.74, 6) is 2.54. The number of benzene rings is 1. The van der Waals surface area contributed by atoms with Gasteiger partial charge >= 0.3 is 0 Å². The fraction of sp³-hybridized carbons (Fsp3) is 0.450. The van der Waals surface area contributed by atoms with Crippen molar-refractivity contribution in [1.82, 2.24) is 25.4 Å². The maximum absolute atomic E-state index is 4.69. The number of anilines is 1. The Morgan fingerprint density at radius 3 is 2.57 bits per heavy atom. The molecule has 8 heteroatoms. The summed E-state index contributed by atoms with van der Waals surface area (Å²) in [6.07, 6.45) is 3.99. The molecule has 1 aromatic heterocycles. The summed E-state index contributed by atoms with van der Waals surface area (Å²) in [5.41, 5.74) is 1.30. The highest BCUT2D eigenvalue weighted by atomic mass is 127. The van der Waals surface area contributed by atoms with Crippen molar-refractivity contribution >= 4 is 35.6 Å². The molecule has 0 atom stereocenters. The number of hydrogen-bond acceptors (Lipinski definition) is 4. The van der Waals surface area contributed by atoms with Gasteiger partial charge in [-0.2, -0.15) is 0 Å². The van der Waals surface area contributed by atoms with Crippen LogP contribution in [-0.2, 0) is 13.6 Å². The number of halogens is 1. The highest BCUT2D eigenvalue weighted by Gasteiger charge is 2.20. The van der Waals surface area contributed by atoms with Crippen LogP contribution >= 0.6 is 24.0 Å². The third-order valence-electron chi connectivity index (χ3n) is 4.93. The van der Waals surface area contributed by atoms with Gasteiger partial charge in [-0.3, -0.25) is 0 Å². The molecule has 2 N–H and O–H groups in total. The van der Waals surface area contributed by atoms with E-state index in [0.29, 0.717) is 19.1 Å². The second kappa shape index (κ2) is 11.0. The van der Waals surface area contributed by atoms with Gasteiger partial charge in [-0.05, 0) is 31.9 Å². The van der Waals surface area contributed by atoms with Gasteiger partial charge in [0.25, 0.3) is 0 Å². The molecule has 2 aromatic rings. The van der Waals surface area contributed by atoms with Gasteiger partial charge < -0.3 is 20.1 Å². The Hall–Kier alpha value is -2.10. The van der Waals surface area contributed by atoms with E-state index in [9.17, 15) is 0 Å². The van der Waals surface area contributed by atoms with Gasteiger partial charge in [-0.15, -0.1) is 40.8 Å². The zero-order valence-electron chi connectivity index (χ0n) is 16.6. The molecule has 0 spiro atoms. The SMILES string of the molecule is C=CCNC(=NCc1nnc(C)n1C)NC1CCN(c2ccccc2)CC1.I. The maximum Gasteiger partial charge on any atom is 0.192 e. The Bertz CT molecular complexity index is 764. The number of piperidine rings is 1. The summed E-state index contributed by atoms with van der Waals surface area (Å²) in [6.45, 7) is 8.97. The number of rotatable bonds is 6. The van der Waals surface area contributed by atoms with Crippen LogP contribution in [0.3, 0.4) is 0 Å². The van der Waals surface area contributed by atoms with Gasteiger partial charge in [-0.25, -0.2) is 4.99 Å². The molecule has 0 unspecified atom stereocenters. The first kappa shape index (κ1) is 22.2. The molecule has 1 aliphatic heterocycles. The molecule has 0 bridgehead atoms. The smallest absolute Gasteiger partial charge is 0.192 e. The number of aryl methyl sites for hydroxylation is 1. The molecule has 2 heterocycles. The van der Waals surface area contributed by atoms with Crippen LogP contribution in [0, 0.1) is 6.92 Å². The summed E-state index contributed by atoms with van der Waals surface area (Å²) >= 11 is 0. The van der Waals surface area contributed by atoms with Gasteiger partial charge in [0, 0.05) is 38.4 Å². The van der Waals surface area contributed by atoms with E-state index in [2.05, 4.69) is 67.6 Å². The van der Waals surface area contributed by atoms with E-state index in [1.807, 2.05) is 24.6 Å². The fourth-order valence-electron chi connectivity index (χ4n) is 3.17. The molecule has 0 saturated carbocycles. The second-order valence-electron chi connectivity index (χ2n) is 6.80. The minimum absolute atomic E-state index is 0. The molecule has 28 heavy (non-hydrogen) atoms. The van der Waals surface area contributed by atoms with E-state index in [1.165, 1.54) is 5.69 Å². The number of para-hydroxylation sites is 1. The topological polar surface area (TPSA) is 70.4 Å². The highest BCUT2D eigenvalue weighted by Crippen LogP contribution is 2.19. The first-order chi connectivity index (χ1) is 13.2. The van der Waals surface area contributed by atoms with E-state index in [4.69, 9.17) is 0 Å². The van der Waals surface area contributed by atoms with Crippen LogP contribution in [-0.4, -0.2) is 46.4 Å². The number of nitrogens with zero attached hydrogens (tertiary/aromatic N) is 5. The number of hydrogen-bond donors (Lipinski definition) is 2. The predicted octanol–water partition coefficient (Wildman–Crippen LogP) is 2.63. The number of aliphatic imine (C=N–C) groups is 1.